The minimum atomic E-state index is 0.308. The monoisotopic (exact) mass is 474 g/mol. The minimum absolute atomic E-state index is 0.308. The van der Waals surface area contributed by atoms with Crippen LogP contribution in [0.4, 0.5) is 0 Å². The van der Waals surface area contributed by atoms with Crippen LogP contribution in [-0.2, 0) is 19.3 Å². The fraction of sp³-hybridized carbons (Fsp3) is 0.258. The molecule has 3 aromatic heterocycles. The van der Waals surface area contributed by atoms with E-state index in [-0.39, 0.29) is 0 Å². The Morgan fingerprint density at radius 3 is 2.89 bits per heavy atom. The molecule has 0 bridgehead atoms. The standard InChI is InChI=1S/C31H28N3S/c1-2-25-29-20(19-33-30-24-12-5-6-15-28(24)35-31(29)30)18-27-23(13-9-16-32-25)21-10-3-4-11-22(21)26-14-7-8-17-34(26)27/h2-4,7-11,14,16-17,19,23,27H,1,5-6,12-13,15,18H2/q+1/b16-9+,32-25?. The maximum absolute atomic E-state index is 5.09. The van der Waals surface area contributed by atoms with Gasteiger partial charge in [-0.1, -0.05) is 30.9 Å². The van der Waals surface area contributed by atoms with Crippen LogP contribution in [0.25, 0.3) is 21.5 Å². The second-order valence-electron chi connectivity index (χ2n) is 9.84. The number of nitrogens with zero attached hydrogens (tertiary/aromatic N) is 3. The van der Waals surface area contributed by atoms with Gasteiger partial charge in [0.05, 0.1) is 21.8 Å². The Kier molecular flexibility index (Phi) is 5.02. The molecule has 3 nitrogen and oxygen atoms in total. The van der Waals surface area contributed by atoms with E-state index in [9.17, 15) is 0 Å². The van der Waals surface area contributed by atoms with Crippen molar-refractivity contribution in [1.82, 2.24) is 4.98 Å². The van der Waals surface area contributed by atoms with Crippen LogP contribution < -0.4 is 4.57 Å². The smallest absolute Gasteiger partial charge is 0.213 e. The predicted molar refractivity (Wildman–Crippen MR) is 144 cm³/mol. The molecule has 2 atom stereocenters. The largest absolute Gasteiger partial charge is 0.257 e. The second kappa shape index (κ2) is 8.39. The molecule has 0 saturated carbocycles. The van der Waals surface area contributed by atoms with E-state index < -0.39 is 0 Å². The molecule has 2 unspecified atom stereocenters. The second-order valence-corrected chi connectivity index (χ2v) is 10.9. The Labute approximate surface area is 210 Å². The highest BCUT2D eigenvalue weighted by atomic mass is 32.1. The van der Waals surface area contributed by atoms with Gasteiger partial charge in [-0.2, -0.15) is 4.57 Å². The summed E-state index contributed by atoms with van der Waals surface area (Å²) in [7, 11) is 0. The van der Waals surface area contributed by atoms with Crippen LogP contribution in [0.2, 0.25) is 0 Å². The first-order valence-electron chi connectivity index (χ1n) is 12.7. The molecule has 3 aliphatic rings. The zero-order chi connectivity index (χ0) is 23.4. The summed E-state index contributed by atoms with van der Waals surface area (Å²) in [6.07, 6.45) is 17.3. The van der Waals surface area contributed by atoms with Gasteiger partial charge in [-0.05, 0) is 67.0 Å². The molecule has 1 aromatic carbocycles. The first-order valence-corrected chi connectivity index (χ1v) is 13.5. The third kappa shape index (κ3) is 3.27. The number of thiophene rings is 1. The van der Waals surface area contributed by atoms with E-state index in [4.69, 9.17) is 9.98 Å². The number of pyridine rings is 2. The summed E-state index contributed by atoms with van der Waals surface area (Å²) in [5, 5.41) is 0. The third-order valence-electron chi connectivity index (χ3n) is 7.98. The molecule has 2 aliphatic heterocycles. The Morgan fingerprint density at radius 1 is 1.06 bits per heavy atom. The number of hydrogen-bond donors (Lipinski definition) is 0. The summed E-state index contributed by atoms with van der Waals surface area (Å²) in [5.74, 6) is 0.378. The Morgan fingerprint density at radius 2 is 1.94 bits per heavy atom. The van der Waals surface area contributed by atoms with Crippen molar-refractivity contribution in [2.45, 2.75) is 50.5 Å². The normalized spacial score (nSPS) is 21.5. The summed E-state index contributed by atoms with van der Waals surface area (Å²) in [4.78, 5) is 11.5. The highest BCUT2D eigenvalue weighted by molar-refractivity contribution is 7.19. The lowest BCUT2D eigenvalue weighted by molar-refractivity contribution is -0.718. The minimum Gasteiger partial charge on any atom is -0.257 e. The molecule has 1 aliphatic carbocycles. The fourth-order valence-electron chi connectivity index (χ4n) is 6.38. The molecule has 4 aromatic rings. The maximum atomic E-state index is 5.09. The summed E-state index contributed by atoms with van der Waals surface area (Å²) < 4.78 is 3.80. The third-order valence-corrected chi connectivity index (χ3v) is 9.28. The van der Waals surface area contributed by atoms with Gasteiger partial charge in [0.15, 0.2) is 12.2 Å². The summed E-state index contributed by atoms with van der Waals surface area (Å²) in [5.41, 5.74) is 10.2. The fourth-order valence-corrected chi connectivity index (χ4v) is 7.81. The van der Waals surface area contributed by atoms with Crippen LogP contribution in [0.1, 0.15) is 58.4 Å². The van der Waals surface area contributed by atoms with Gasteiger partial charge in [-0.15, -0.1) is 11.3 Å². The number of aliphatic imine (C=N–C) groups is 1. The van der Waals surface area contributed by atoms with Crippen molar-refractivity contribution in [1.29, 1.82) is 0 Å². The average molecular weight is 475 g/mol. The van der Waals surface area contributed by atoms with E-state index in [2.05, 4.69) is 72.1 Å². The number of allylic oxidation sites excluding steroid dienone is 2. The van der Waals surface area contributed by atoms with Crippen LogP contribution >= 0.6 is 11.3 Å². The van der Waals surface area contributed by atoms with Gasteiger partial charge >= 0.3 is 0 Å². The van der Waals surface area contributed by atoms with Crippen molar-refractivity contribution in [2.24, 2.45) is 4.99 Å². The lowest BCUT2D eigenvalue weighted by Crippen LogP contribution is -2.48. The van der Waals surface area contributed by atoms with Gasteiger partial charge in [0.1, 0.15) is 0 Å². The van der Waals surface area contributed by atoms with E-state index in [1.807, 2.05) is 23.6 Å². The van der Waals surface area contributed by atoms with Crippen LogP contribution in [0.15, 0.2) is 84.8 Å². The lowest BCUT2D eigenvalue weighted by Gasteiger charge is -2.30. The van der Waals surface area contributed by atoms with Crippen molar-refractivity contribution in [3.8, 4) is 11.3 Å². The average Bonchev–Trinajstić information content (AvgIpc) is 3.29. The highest BCUT2D eigenvalue weighted by Crippen LogP contribution is 2.44. The molecule has 0 amide bonds. The molecule has 0 spiro atoms. The number of aryl methyl sites for hydroxylation is 2. The Hall–Kier alpha value is -3.37. The van der Waals surface area contributed by atoms with E-state index in [1.165, 1.54) is 67.9 Å². The van der Waals surface area contributed by atoms with Gasteiger partial charge in [0.25, 0.3) is 0 Å². The highest BCUT2D eigenvalue weighted by Gasteiger charge is 2.40. The molecule has 0 N–H and O–H groups in total. The zero-order valence-corrected chi connectivity index (χ0v) is 20.6. The van der Waals surface area contributed by atoms with Crippen molar-refractivity contribution >= 4 is 27.3 Å². The first kappa shape index (κ1) is 21.0. The van der Waals surface area contributed by atoms with Crippen LogP contribution in [0.5, 0.6) is 0 Å². The first-order chi connectivity index (χ1) is 17.3. The van der Waals surface area contributed by atoms with Crippen molar-refractivity contribution in [2.75, 3.05) is 0 Å². The molecule has 0 radical (unpaired) electrons. The molecule has 0 fully saturated rings. The SMILES string of the molecule is C=CC1=N/C=C/CC2c3ccccc3-c3cccc[n+]3C2Cc2cnc3c4c(sc3c21)CCCC4. The van der Waals surface area contributed by atoms with Gasteiger partial charge in [-0.25, -0.2) is 0 Å². The van der Waals surface area contributed by atoms with Gasteiger partial charge < -0.3 is 0 Å². The number of hydrogen-bond acceptors (Lipinski definition) is 3. The molecule has 7 rings (SSSR count). The van der Waals surface area contributed by atoms with E-state index in [0.717, 1.165) is 25.0 Å². The van der Waals surface area contributed by atoms with E-state index in [1.54, 1.807) is 0 Å². The zero-order valence-electron chi connectivity index (χ0n) is 19.8. The van der Waals surface area contributed by atoms with Crippen molar-refractivity contribution in [3.05, 3.63) is 107 Å². The van der Waals surface area contributed by atoms with Crippen LogP contribution in [0, 0.1) is 0 Å². The summed E-state index contributed by atoms with van der Waals surface area (Å²) in [6, 6.07) is 15.8. The molecule has 0 saturated heterocycles. The van der Waals surface area contributed by atoms with Crippen LogP contribution in [-0.4, -0.2) is 10.7 Å². The maximum Gasteiger partial charge on any atom is 0.213 e. The van der Waals surface area contributed by atoms with Crippen LogP contribution in [0.3, 0.4) is 0 Å². The topological polar surface area (TPSA) is 29.1 Å². The lowest BCUT2D eigenvalue weighted by atomic mass is 9.78. The van der Waals surface area contributed by atoms with E-state index >= 15 is 0 Å². The van der Waals surface area contributed by atoms with E-state index in [0.29, 0.717) is 12.0 Å². The molecule has 4 heteroatoms. The van der Waals surface area contributed by atoms with Gasteiger partial charge in [-0.3, -0.25) is 9.98 Å². The molecular formula is C31H28N3S+. The molecule has 172 valence electrons. The molecular weight excluding hydrogens is 446 g/mol. The number of aromatic nitrogens is 2. The molecule has 35 heavy (non-hydrogen) atoms. The predicted octanol–water partition coefficient (Wildman–Crippen LogP) is 6.90. The number of benzene rings is 1. The van der Waals surface area contributed by atoms with Gasteiger partial charge in [0.2, 0.25) is 5.69 Å². The Balaban J connectivity index is 1.47. The van der Waals surface area contributed by atoms with Gasteiger partial charge in [0, 0.05) is 47.0 Å². The van der Waals surface area contributed by atoms with Crippen molar-refractivity contribution < 1.29 is 4.57 Å². The summed E-state index contributed by atoms with van der Waals surface area (Å²) >= 11 is 1.94. The van der Waals surface area contributed by atoms with Crippen molar-refractivity contribution in [3.63, 3.8) is 0 Å². The quantitative estimate of drug-likeness (QED) is 0.276. The Bertz CT molecular complexity index is 1540. The summed E-state index contributed by atoms with van der Waals surface area (Å²) in [6.45, 7) is 4.16. The molecule has 5 heterocycles. The number of fused-ring (bicyclic) bond motifs is 11. The number of rotatable bonds is 1.